The third-order valence-corrected chi connectivity index (χ3v) is 4.94. The molecule has 182 valence electrons. The molecule has 0 fully saturated rings. The normalized spacial score (nSPS) is 10.4. The molecule has 3 N–H and O–H groups in total. The predicted octanol–water partition coefficient (Wildman–Crippen LogP) is 5.73. The summed E-state index contributed by atoms with van der Waals surface area (Å²) in [6, 6.07) is 22.1. The maximum Gasteiger partial charge on any atom is 0.233 e. The first-order valence-electron chi connectivity index (χ1n) is 11.0. The Hall–Kier alpha value is -4.79. The first-order valence-corrected chi connectivity index (χ1v) is 11.0. The first-order chi connectivity index (χ1) is 17.4. The molecule has 0 unspecified atom stereocenters. The van der Waals surface area contributed by atoms with E-state index >= 15 is 0 Å². The minimum Gasteiger partial charge on any atom is -0.454 e. The highest BCUT2D eigenvalue weighted by molar-refractivity contribution is 6.08. The van der Waals surface area contributed by atoms with Crippen molar-refractivity contribution in [2.24, 2.45) is 0 Å². The van der Waals surface area contributed by atoms with E-state index in [0.29, 0.717) is 23.8 Å². The molecule has 0 bridgehead atoms. The van der Waals surface area contributed by atoms with Crippen LogP contribution in [0.1, 0.15) is 12.0 Å². The maximum absolute atomic E-state index is 14.6. The van der Waals surface area contributed by atoms with Crippen LogP contribution in [-0.4, -0.2) is 16.8 Å². The van der Waals surface area contributed by atoms with Crippen molar-refractivity contribution in [1.29, 1.82) is 0 Å². The molecule has 0 saturated heterocycles. The molecular weight excluding hydrogens is 466 g/mol. The Morgan fingerprint density at radius 3 is 2.22 bits per heavy atom. The van der Waals surface area contributed by atoms with Crippen molar-refractivity contribution in [3.63, 3.8) is 0 Å². The fourth-order valence-corrected chi connectivity index (χ4v) is 3.24. The quantitative estimate of drug-likeness (QED) is 0.262. The van der Waals surface area contributed by atoms with Crippen molar-refractivity contribution in [2.75, 3.05) is 16.0 Å². The number of hydrogen-bond donors (Lipinski definition) is 3. The van der Waals surface area contributed by atoms with Crippen molar-refractivity contribution in [3.8, 4) is 11.5 Å². The van der Waals surface area contributed by atoms with Gasteiger partial charge in [0, 0.05) is 36.2 Å². The number of nitrogens with one attached hydrogen (secondary N) is 3. The van der Waals surface area contributed by atoms with Crippen molar-refractivity contribution < 1.29 is 23.1 Å². The van der Waals surface area contributed by atoms with E-state index in [9.17, 15) is 18.4 Å². The lowest BCUT2D eigenvalue weighted by atomic mass is 10.2. The Morgan fingerprint density at radius 1 is 0.806 bits per heavy atom. The minimum absolute atomic E-state index is 0.0396. The van der Waals surface area contributed by atoms with E-state index in [1.54, 1.807) is 18.3 Å². The Morgan fingerprint density at radius 2 is 1.50 bits per heavy atom. The van der Waals surface area contributed by atoms with Crippen molar-refractivity contribution in [1.82, 2.24) is 4.98 Å². The number of benzene rings is 3. The summed E-state index contributed by atoms with van der Waals surface area (Å²) in [6.45, 7) is 0.571. The van der Waals surface area contributed by atoms with Gasteiger partial charge in [0.2, 0.25) is 11.8 Å². The molecule has 9 heteroatoms. The van der Waals surface area contributed by atoms with Crippen LogP contribution < -0.4 is 20.7 Å². The van der Waals surface area contributed by atoms with Gasteiger partial charge in [0.05, 0.1) is 0 Å². The zero-order valence-corrected chi connectivity index (χ0v) is 19.0. The second kappa shape index (κ2) is 11.6. The van der Waals surface area contributed by atoms with E-state index in [1.165, 1.54) is 36.4 Å². The van der Waals surface area contributed by atoms with Gasteiger partial charge >= 0.3 is 0 Å². The van der Waals surface area contributed by atoms with Crippen LogP contribution in [0.3, 0.4) is 0 Å². The number of amides is 2. The van der Waals surface area contributed by atoms with Crippen LogP contribution in [0.5, 0.6) is 11.5 Å². The average Bonchev–Trinajstić information content (AvgIpc) is 2.86. The SMILES string of the molecule is O=C(CC(=O)Nc1ccc(Oc2ccnc(NCc3ccccc3)c2)c(F)c1)Nc1ccc(F)cc1. The van der Waals surface area contributed by atoms with Crippen molar-refractivity contribution >= 4 is 29.0 Å². The molecule has 0 aliphatic heterocycles. The topological polar surface area (TPSA) is 92.4 Å². The lowest BCUT2D eigenvalue weighted by Crippen LogP contribution is -2.21. The van der Waals surface area contributed by atoms with Gasteiger partial charge in [-0.15, -0.1) is 0 Å². The number of nitrogens with zero attached hydrogens (tertiary/aromatic N) is 1. The average molecular weight is 488 g/mol. The zero-order valence-electron chi connectivity index (χ0n) is 19.0. The molecule has 4 aromatic rings. The molecule has 4 rings (SSSR count). The van der Waals surface area contributed by atoms with Crippen LogP contribution in [0.2, 0.25) is 0 Å². The lowest BCUT2D eigenvalue weighted by molar-refractivity contribution is -0.123. The van der Waals surface area contributed by atoms with Gasteiger partial charge in [-0.25, -0.2) is 13.8 Å². The molecule has 0 radical (unpaired) electrons. The molecule has 7 nitrogen and oxygen atoms in total. The Kier molecular flexibility index (Phi) is 7.82. The number of halogens is 2. The summed E-state index contributed by atoms with van der Waals surface area (Å²) in [4.78, 5) is 28.4. The Balaban J connectivity index is 1.31. The molecular formula is C27H22F2N4O3. The molecule has 0 atom stereocenters. The van der Waals surface area contributed by atoms with Gasteiger partial charge in [-0.2, -0.15) is 0 Å². The molecule has 36 heavy (non-hydrogen) atoms. The summed E-state index contributed by atoms with van der Waals surface area (Å²) in [5, 5.41) is 8.14. The molecule has 0 aliphatic carbocycles. The van der Waals surface area contributed by atoms with Gasteiger partial charge in [-0.1, -0.05) is 30.3 Å². The fraction of sp³-hybridized carbons (Fsp3) is 0.0741. The highest BCUT2D eigenvalue weighted by Crippen LogP contribution is 2.28. The van der Waals surface area contributed by atoms with Crippen LogP contribution in [-0.2, 0) is 16.1 Å². The van der Waals surface area contributed by atoms with Gasteiger partial charge in [0.25, 0.3) is 0 Å². The highest BCUT2D eigenvalue weighted by Gasteiger charge is 2.13. The lowest BCUT2D eigenvalue weighted by Gasteiger charge is -2.11. The molecule has 1 heterocycles. The van der Waals surface area contributed by atoms with Gasteiger partial charge in [-0.3, -0.25) is 9.59 Å². The largest absolute Gasteiger partial charge is 0.454 e. The number of rotatable bonds is 9. The van der Waals surface area contributed by atoms with E-state index in [1.807, 2.05) is 30.3 Å². The molecule has 0 aliphatic rings. The third kappa shape index (κ3) is 7.10. The number of carbonyl (C=O) groups excluding carboxylic acids is 2. The highest BCUT2D eigenvalue weighted by atomic mass is 19.1. The Labute approximate surface area is 206 Å². The van der Waals surface area contributed by atoms with E-state index in [-0.39, 0.29) is 11.4 Å². The summed E-state index contributed by atoms with van der Waals surface area (Å²) in [7, 11) is 0. The number of ether oxygens (including phenoxy) is 1. The van der Waals surface area contributed by atoms with E-state index in [2.05, 4.69) is 20.9 Å². The van der Waals surface area contributed by atoms with Crippen LogP contribution >= 0.6 is 0 Å². The van der Waals surface area contributed by atoms with Crippen LogP contribution in [0.4, 0.5) is 26.0 Å². The summed E-state index contributed by atoms with van der Waals surface area (Å²) in [5.74, 6) is -1.45. The van der Waals surface area contributed by atoms with Crippen molar-refractivity contribution in [3.05, 3.63) is 108 Å². The van der Waals surface area contributed by atoms with Gasteiger partial charge in [0.15, 0.2) is 11.6 Å². The smallest absolute Gasteiger partial charge is 0.233 e. The predicted molar refractivity (Wildman–Crippen MR) is 133 cm³/mol. The number of pyridine rings is 1. The van der Waals surface area contributed by atoms with Gasteiger partial charge in [0.1, 0.15) is 23.8 Å². The van der Waals surface area contributed by atoms with E-state index in [4.69, 9.17) is 4.74 Å². The fourth-order valence-electron chi connectivity index (χ4n) is 3.24. The maximum atomic E-state index is 14.6. The second-order valence-electron chi connectivity index (χ2n) is 7.74. The minimum atomic E-state index is -0.695. The van der Waals surface area contributed by atoms with E-state index in [0.717, 1.165) is 11.6 Å². The molecule has 1 aromatic heterocycles. The molecule has 2 amide bonds. The molecule has 3 aromatic carbocycles. The number of carbonyl (C=O) groups is 2. The molecule has 0 saturated carbocycles. The van der Waals surface area contributed by atoms with E-state index < -0.39 is 29.9 Å². The summed E-state index contributed by atoms with van der Waals surface area (Å²) in [5.41, 5.74) is 1.61. The monoisotopic (exact) mass is 488 g/mol. The molecule has 0 spiro atoms. The second-order valence-corrected chi connectivity index (χ2v) is 7.74. The summed E-state index contributed by atoms with van der Waals surface area (Å²) < 4.78 is 33.2. The standard InChI is InChI=1S/C27H22F2N4O3/c28-19-6-8-20(9-7-19)32-26(34)16-27(35)33-21-10-11-24(23(29)14-21)36-22-12-13-30-25(15-22)31-17-18-4-2-1-3-5-18/h1-15H,16-17H2,(H,30,31)(H,32,34)(H,33,35). The van der Waals surface area contributed by atoms with Crippen LogP contribution in [0.25, 0.3) is 0 Å². The van der Waals surface area contributed by atoms with Gasteiger partial charge in [-0.05, 0) is 48.0 Å². The van der Waals surface area contributed by atoms with Crippen molar-refractivity contribution in [2.45, 2.75) is 13.0 Å². The van der Waals surface area contributed by atoms with Crippen LogP contribution in [0, 0.1) is 11.6 Å². The van der Waals surface area contributed by atoms with Crippen LogP contribution in [0.15, 0.2) is 91.1 Å². The summed E-state index contributed by atoms with van der Waals surface area (Å²) >= 11 is 0. The zero-order chi connectivity index (χ0) is 25.3. The number of hydrogen-bond acceptors (Lipinski definition) is 5. The summed E-state index contributed by atoms with van der Waals surface area (Å²) in [6.07, 6.45) is 1.05. The Bertz CT molecular complexity index is 1350. The van der Waals surface area contributed by atoms with Gasteiger partial charge < -0.3 is 20.7 Å². The third-order valence-electron chi connectivity index (χ3n) is 4.94. The first kappa shape index (κ1) is 24.3. The number of aromatic nitrogens is 1. The number of anilines is 3.